The van der Waals surface area contributed by atoms with Gasteiger partial charge in [0.15, 0.2) is 0 Å². The molecule has 0 aromatic heterocycles. The fourth-order valence-corrected chi connectivity index (χ4v) is 7.04. The van der Waals surface area contributed by atoms with Crippen molar-refractivity contribution >= 4 is 0 Å². The summed E-state index contributed by atoms with van der Waals surface area (Å²) in [6.45, 7) is 2.42. The van der Waals surface area contributed by atoms with E-state index in [1.54, 1.807) is 0 Å². The van der Waals surface area contributed by atoms with Crippen LogP contribution in [0.4, 0.5) is 0 Å². The lowest BCUT2D eigenvalue weighted by atomic mass is 9.50. The third-order valence-electron chi connectivity index (χ3n) is 8.08. The minimum Gasteiger partial charge on any atom is -0.393 e. The van der Waals surface area contributed by atoms with E-state index < -0.39 is 0 Å². The monoisotopic (exact) mass is 287 g/mol. The van der Waals surface area contributed by atoms with Gasteiger partial charge in [0.2, 0.25) is 0 Å². The van der Waals surface area contributed by atoms with Crippen LogP contribution in [0.25, 0.3) is 0 Å². The average molecular weight is 287 g/mol. The summed E-state index contributed by atoms with van der Waals surface area (Å²) in [5.41, 5.74) is 0.316. The quantitative estimate of drug-likeness (QED) is 0.727. The van der Waals surface area contributed by atoms with Crippen molar-refractivity contribution in [3.63, 3.8) is 0 Å². The zero-order valence-electron chi connectivity index (χ0n) is 13.3. The molecular formula is C19H29NO. The smallest absolute Gasteiger partial charge is 0.0661 e. The lowest BCUT2D eigenvalue weighted by molar-refractivity contribution is -0.0727. The highest BCUT2D eigenvalue weighted by Crippen LogP contribution is 2.63. The van der Waals surface area contributed by atoms with Crippen LogP contribution in [-0.4, -0.2) is 11.2 Å². The van der Waals surface area contributed by atoms with Crippen LogP contribution >= 0.6 is 0 Å². The van der Waals surface area contributed by atoms with Gasteiger partial charge >= 0.3 is 0 Å². The molecule has 0 bridgehead atoms. The second-order valence-corrected chi connectivity index (χ2v) is 8.71. The van der Waals surface area contributed by atoms with Crippen molar-refractivity contribution in [1.29, 1.82) is 5.26 Å². The van der Waals surface area contributed by atoms with Crippen LogP contribution in [0.1, 0.15) is 64.7 Å². The highest BCUT2D eigenvalue weighted by molar-refractivity contribution is 5.10. The first kappa shape index (κ1) is 14.1. The van der Waals surface area contributed by atoms with E-state index in [0.717, 1.165) is 48.9 Å². The van der Waals surface area contributed by atoms with Crippen molar-refractivity contribution in [3.8, 4) is 6.07 Å². The molecule has 4 saturated carbocycles. The van der Waals surface area contributed by atoms with E-state index in [4.69, 9.17) is 0 Å². The summed E-state index contributed by atoms with van der Waals surface area (Å²) in [4.78, 5) is 0. The van der Waals surface area contributed by atoms with E-state index in [1.165, 1.54) is 38.5 Å². The molecule has 0 aromatic rings. The van der Waals surface area contributed by atoms with Crippen LogP contribution in [0.15, 0.2) is 0 Å². The van der Waals surface area contributed by atoms with Crippen LogP contribution in [0.3, 0.4) is 0 Å². The molecule has 0 aliphatic heterocycles. The van der Waals surface area contributed by atoms with Crippen LogP contribution in [0, 0.1) is 52.3 Å². The van der Waals surface area contributed by atoms with Crippen molar-refractivity contribution in [2.24, 2.45) is 40.9 Å². The summed E-state index contributed by atoms with van der Waals surface area (Å²) < 4.78 is 0. The van der Waals surface area contributed by atoms with Gasteiger partial charge in [0.25, 0.3) is 0 Å². The Kier molecular flexibility index (Phi) is 3.34. The van der Waals surface area contributed by atoms with Gasteiger partial charge in [-0.3, -0.25) is 0 Å². The molecule has 2 heteroatoms. The van der Waals surface area contributed by atoms with E-state index in [0.29, 0.717) is 11.3 Å². The zero-order chi connectivity index (χ0) is 14.6. The summed E-state index contributed by atoms with van der Waals surface area (Å²) >= 11 is 0. The summed E-state index contributed by atoms with van der Waals surface area (Å²) in [7, 11) is 0. The Morgan fingerprint density at radius 1 is 0.952 bits per heavy atom. The second kappa shape index (κ2) is 4.98. The summed E-state index contributed by atoms with van der Waals surface area (Å²) in [5.74, 6) is 4.61. The first-order valence-electron chi connectivity index (χ1n) is 9.21. The minimum absolute atomic E-state index is 0.0221. The van der Waals surface area contributed by atoms with Gasteiger partial charge in [-0.1, -0.05) is 6.92 Å². The number of rotatable bonds is 0. The molecule has 0 radical (unpaired) electrons. The molecule has 0 heterocycles. The van der Waals surface area contributed by atoms with Gasteiger partial charge in [0, 0.05) is 0 Å². The van der Waals surface area contributed by atoms with Crippen molar-refractivity contribution in [2.75, 3.05) is 0 Å². The largest absolute Gasteiger partial charge is 0.393 e. The molecular weight excluding hydrogens is 258 g/mol. The van der Waals surface area contributed by atoms with Gasteiger partial charge in [0.05, 0.1) is 18.1 Å². The van der Waals surface area contributed by atoms with E-state index in [2.05, 4.69) is 13.0 Å². The number of nitriles is 1. The topological polar surface area (TPSA) is 44.0 Å². The fourth-order valence-electron chi connectivity index (χ4n) is 7.04. The van der Waals surface area contributed by atoms with Crippen molar-refractivity contribution in [3.05, 3.63) is 0 Å². The van der Waals surface area contributed by atoms with E-state index in [1.807, 2.05) is 0 Å². The molecule has 0 saturated heterocycles. The molecule has 0 amide bonds. The molecule has 0 spiro atoms. The van der Waals surface area contributed by atoms with Crippen molar-refractivity contribution in [2.45, 2.75) is 70.8 Å². The molecule has 4 aliphatic carbocycles. The number of aliphatic hydroxyl groups is 1. The Hall–Kier alpha value is -0.550. The summed E-state index contributed by atoms with van der Waals surface area (Å²) in [5, 5.41) is 19.5. The maximum absolute atomic E-state index is 9.97. The molecule has 0 unspecified atom stereocenters. The zero-order valence-corrected chi connectivity index (χ0v) is 13.3. The van der Waals surface area contributed by atoms with Crippen molar-refractivity contribution in [1.82, 2.24) is 0 Å². The highest BCUT2D eigenvalue weighted by atomic mass is 16.3. The molecule has 0 aromatic carbocycles. The summed E-state index contributed by atoms with van der Waals surface area (Å²) in [6.07, 6.45) is 11.1. The van der Waals surface area contributed by atoms with Crippen LogP contribution < -0.4 is 0 Å². The van der Waals surface area contributed by atoms with Gasteiger partial charge in [-0.25, -0.2) is 0 Å². The van der Waals surface area contributed by atoms with Gasteiger partial charge in [-0.2, -0.15) is 5.26 Å². The van der Waals surface area contributed by atoms with Crippen LogP contribution in [0.2, 0.25) is 0 Å². The maximum Gasteiger partial charge on any atom is 0.0661 e. The molecule has 21 heavy (non-hydrogen) atoms. The third kappa shape index (κ3) is 2.00. The Morgan fingerprint density at radius 2 is 1.76 bits per heavy atom. The molecule has 2 nitrogen and oxygen atoms in total. The normalized spacial score (nSPS) is 56.0. The maximum atomic E-state index is 9.97. The van der Waals surface area contributed by atoms with Gasteiger partial charge in [-0.15, -0.1) is 0 Å². The first-order valence-corrected chi connectivity index (χ1v) is 9.21. The standard InChI is InChI=1S/C19H29NO/c1-19-9-8-16-15-6-4-14(21)10-12(15)2-5-17(16)18(19)7-3-13(19)11-20/h12-18,21H,2-10H2,1H3/t12-,13-,14-,15+,16-,17-,18+,19-/m1/s1. The fraction of sp³-hybridized carbons (Fsp3) is 0.947. The Bertz CT molecular complexity index is 455. The van der Waals surface area contributed by atoms with E-state index >= 15 is 0 Å². The lowest BCUT2D eigenvalue weighted by Crippen LogP contribution is -2.48. The number of aliphatic hydroxyl groups excluding tert-OH is 1. The van der Waals surface area contributed by atoms with Gasteiger partial charge in [-0.05, 0) is 92.8 Å². The predicted octanol–water partition coefficient (Wildman–Crippen LogP) is 4.14. The van der Waals surface area contributed by atoms with Gasteiger partial charge < -0.3 is 5.11 Å². The highest BCUT2D eigenvalue weighted by Gasteiger charge is 2.57. The van der Waals surface area contributed by atoms with Crippen LogP contribution in [-0.2, 0) is 0 Å². The molecule has 1 N–H and O–H groups in total. The second-order valence-electron chi connectivity index (χ2n) is 8.71. The third-order valence-corrected chi connectivity index (χ3v) is 8.08. The number of hydrogen-bond donors (Lipinski definition) is 1. The number of nitrogens with zero attached hydrogens (tertiary/aromatic N) is 1. The van der Waals surface area contributed by atoms with E-state index in [-0.39, 0.29) is 6.10 Å². The Morgan fingerprint density at radius 3 is 2.57 bits per heavy atom. The molecule has 4 fully saturated rings. The number of fused-ring (bicyclic) bond motifs is 5. The van der Waals surface area contributed by atoms with Crippen molar-refractivity contribution < 1.29 is 5.11 Å². The van der Waals surface area contributed by atoms with Crippen LogP contribution in [0.5, 0.6) is 0 Å². The van der Waals surface area contributed by atoms with Gasteiger partial charge in [0.1, 0.15) is 0 Å². The Balaban J connectivity index is 1.57. The minimum atomic E-state index is -0.0221. The molecule has 4 rings (SSSR count). The molecule has 4 aliphatic rings. The molecule has 116 valence electrons. The molecule has 8 atom stereocenters. The average Bonchev–Trinajstić information content (AvgIpc) is 2.83. The van der Waals surface area contributed by atoms with E-state index in [9.17, 15) is 10.4 Å². The predicted molar refractivity (Wildman–Crippen MR) is 82.2 cm³/mol. The Labute approximate surface area is 128 Å². The first-order chi connectivity index (χ1) is 10.1. The lowest BCUT2D eigenvalue weighted by Gasteiger charge is -2.55. The SMILES string of the molecule is C[C@]12CC[C@H]3[C@@H](CC[C@@H]4C[C@H](O)CC[C@@H]43)[C@@H]1CC[C@@H]2C#N. The number of hydrogen-bond acceptors (Lipinski definition) is 2. The summed E-state index contributed by atoms with van der Waals surface area (Å²) in [6, 6.07) is 2.63.